The fraction of sp³-hybridized carbons (Fsp3) is 0.471. The summed E-state index contributed by atoms with van der Waals surface area (Å²) < 4.78 is 7.07. The first-order valence-electron chi connectivity index (χ1n) is 7.90. The lowest BCUT2D eigenvalue weighted by atomic mass is 10.2. The second-order valence-electron chi connectivity index (χ2n) is 5.99. The van der Waals surface area contributed by atoms with Gasteiger partial charge in [0, 0.05) is 19.2 Å². The van der Waals surface area contributed by atoms with Crippen molar-refractivity contribution in [2.24, 2.45) is 13.0 Å². The van der Waals surface area contributed by atoms with Crippen molar-refractivity contribution in [3.8, 4) is 17.1 Å². The van der Waals surface area contributed by atoms with Gasteiger partial charge in [-0.2, -0.15) is 0 Å². The average molecular weight is 348 g/mol. The Bertz CT molecular complexity index is 682. The number of rotatable bonds is 7. The van der Waals surface area contributed by atoms with Crippen molar-refractivity contribution in [1.82, 2.24) is 20.1 Å². The molecule has 6 nitrogen and oxygen atoms in total. The van der Waals surface area contributed by atoms with Gasteiger partial charge in [0.2, 0.25) is 5.91 Å². The normalized spacial score (nSPS) is 12.2. The molecular formula is C17H24N4O2S. The van der Waals surface area contributed by atoms with Gasteiger partial charge in [-0.15, -0.1) is 10.2 Å². The summed E-state index contributed by atoms with van der Waals surface area (Å²) >= 11 is 1.41. The summed E-state index contributed by atoms with van der Waals surface area (Å²) in [6.07, 6.45) is 0. The molecule has 1 N–H and O–H groups in total. The lowest BCUT2D eigenvalue weighted by Gasteiger charge is -2.13. The van der Waals surface area contributed by atoms with Gasteiger partial charge in [0.05, 0.1) is 12.4 Å². The number of nitrogens with zero attached hydrogens (tertiary/aromatic N) is 3. The van der Waals surface area contributed by atoms with E-state index in [1.807, 2.05) is 42.8 Å². The molecule has 0 aliphatic carbocycles. The zero-order chi connectivity index (χ0) is 17.7. The number of ether oxygens (including phenoxy) is 1. The van der Waals surface area contributed by atoms with E-state index in [1.165, 1.54) is 11.8 Å². The first-order valence-corrected chi connectivity index (χ1v) is 8.78. The van der Waals surface area contributed by atoms with Gasteiger partial charge in [-0.25, -0.2) is 0 Å². The number of amides is 1. The summed E-state index contributed by atoms with van der Waals surface area (Å²) in [5.41, 5.74) is 0.953. The van der Waals surface area contributed by atoms with Gasteiger partial charge in [-0.3, -0.25) is 4.79 Å². The van der Waals surface area contributed by atoms with E-state index in [0.29, 0.717) is 17.6 Å². The fourth-order valence-electron chi connectivity index (χ4n) is 2.07. The molecule has 1 heterocycles. The van der Waals surface area contributed by atoms with Gasteiger partial charge < -0.3 is 14.6 Å². The Kier molecular flexibility index (Phi) is 6.25. The number of carbonyl (C=O) groups is 1. The van der Waals surface area contributed by atoms with Gasteiger partial charge in [0.25, 0.3) is 0 Å². The predicted molar refractivity (Wildman–Crippen MR) is 96.2 cm³/mol. The first kappa shape index (κ1) is 18.3. The number of hydrogen-bond acceptors (Lipinski definition) is 5. The molecule has 0 saturated carbocycles. The zero-order valence-electron chi connectivity index (χ0n) is 14.7. The van der Waals surface area contributed by atoms with Gasteiger partial charge in [0.1, 0.15) is 5.75 Å². The molecule has 0 spiro atoms. The summed E-state index contributed by atoms with van der Waals surface area (Å²) in [7, 11) is 3.54. The average Bonchev–Trinajstić information content (AvgIpc) is 2.93. The highest BCUT2D eigenvalue weighted by Crippen LogP contribution is 2.26. The van der Waals surface area contributed by atoms with E-state index in [-0.39, 0.29) is 11.2 Å². The zero-order valence-corrected chi connectivity index (χ0v) is 15.6. The van der Waals surface area contributed by atoms with E-state index >= 15 is 0 Å². The molecule has 1 unspecified atom stereocenters. The molecule has 0 fully saturated rings. The molecule has 7 heteroatoms. The molecule has 24 heavy (non-hydrogen) atoms. The fourth-order valence-corrected chi connectivity index (χ4v) is 2.91. The minimum atomic E-state index is -0.227. The Morgan fingerprint density at radius 3 is 2.50 bits per heavy atom. The van der Waals surface area contributed by atoms with Crippen LogP contribution in [0.3, 0.4) is 0 Å². The third kappa shape index (κ3) is 4.50. The number of nitrogens with one attached hydrogen (secondary N) is 1. The summed E-state index contributed by atoms with van der Waals surface area (Å²) in [6.45, 7) is 6.70. The number of benzene rings is 1. The SMILES string of the molecule is COc1ccc(-c2nnc(SC(C)C(=O)NCC(C)C)n2C)cc1. The van der Waals surface area contributed by atoms with Gasteiger partial charge in [0.15, 0.2) is 11.0 Å². The van der Waals surface area contributed by atoms with Gasteiger partial charge in [-0.1, -0.05) is 25.6 Å². The van der Waals surface area contributed by atoms with Crippen LogP contribution < -0.4 is 10.1 Å². The van der Waals surface area contributed by atoms with Crippen molar-refractivity contribution < 1.29 is 9.53 Å². The Hall–Kier alpha value is -2.02. The Labute approximate surface area is 147 Å². The molecule has 2 aromatic rings. The molecule has 0 radical (unpaired) electrons. The highest BCUT2D eigenvalue weighted by atomic mass is 32.2. The smallest absolute Gasteiger partial charge is 0.233 e. The molecule has 0 saturated heterocycles. The maximum atomic E-state index is 12.1. The van der Waals surface area contributed by atoms with Crippen molar-refractivity contribution in [2.75, 3.05) is 13.7 Å². The van der Waals surface area contributed by atoms with Crippen LogP contribution in [0.2, 0.25) is 0 Å². The largest absolute Gasteiger partial charge is 0.497 e. The second-order valence-corrected chi connectivity index (χ2v) is 7.30. The number of carbonyl (C=O) groups excluding carboxylic acids is 1. The minimum Gasteiger partial charge on any atom is -0.497 e. The van der Waals surface area contributed by atoms with E-state index in [1.54, 1.807) is 7.11 Å². The van der Waals surface area contributed by atoms with Crippen LogP contribution in [0.25, 0.3) is 11.4 Å². The van der Waals surface area contributed by atoms with Crippen LogP contribution in [0.1, 0.15) is 20.8 Å². The standard InChI is InChI=1S/C17H24N4O2S/c1-11(2)10-18-16(22)12(3)24-17-20-19-15(21(17)4)13-6-8-14(23-5)9-7-13/h6-9,11-12H,10H2,1-5H3,(H,18,22). The molecule has 130 valence electrons. The quantitative estimate of drug-likeness (QED) is 0.779. The Balaban J connectivity index is 2.07. The van der Waals surface area contributed by atoms with Crippen molar-refractivity contribution in [2.45, 2.75) is 31.2 Å². The lowest BCUT2D eigenvalue weighted by Crippen LogP contribution is -2.33. The van der Waals surface area contributed by atoms with Crippen LogP contribution >= 0.6 is 11.8 Å². The second kappa shape index (κ2) is 8.19. The van der Waals surface area contributed by atoms with Crippen LogP contribution in [0, 0.1) is 5.92 Å². The highest BCUT2D eigenvalue weighted by Gasteiger charge is 2.19. The molecule has 2 rings (SSSR count). The predicted octanol–water partition coefficient (Wildman–Crippen LogP) is 2.74. The van der Waals surface area contributed by atoms with Crippen molar-refractivity contribution in [1.29, 1.82) is 0 Å². The monoisotopic (exact) mass is 348 g/mol. The van der Waals surface area contributed by atoms with E-state index in [0.717, 1.165) is 17.1 Å². The number of methoxy groups -OCH3 is 1. The molecule has 1 amide bonds. The topological polar surface area (TPSA) is 69.0 Å². The molecule has 0 aliphatic rings. The van der Waals surface area contributed by atoms with E-state index in [4.69, 9.17) is 4.74 Å². The molecule has 1 atom stereocenters. The summed E-state index contributed by atoms with van der Waals surface area (Å²) in [4.78, 5) is 12.1. The van der Waals surface area contributed by atoms with Crippen molar-refractivity contribution >= 4 is 17.7 Å². The van der Waals surface area contributed by atoms with Gasteiger partial charge in [-0.05, 0) is 37.1 Å². The number of hydrogen-bond donors (Lipinski definition) is 1. The summed E-state index contributed by atoms with van der Waals surface area (Å²) in [6, 6.07) is 7.66. The van der Waals surface area contributed by atoms with Crippen LogP contribution in [-0.4, -0.2) is 39.6 Å². The minimum absolute atomic E-state index is 0.0164. The van der Waals surface area contributed by atoms with E-state index in [2.05, 4.69) is 29.4 Å². The van der Waals surface area contributed by atoms with Crippen LogP contribution in [0.15, 0.2) is 29.4 Å². The molecule has 0 aliphatic heterocycles. The van der Waals surface area contributed by atoms with Crippen molar-refractivity contribution in [3.63, 3.8) is 0 Å². The number of aromatic nitrogens is 3. The summed E-state index contributed by atoms with van der Waals surface area (Å²) in [5, 5.41) is 11.9. The Morgan fingerprint density at radius 2 is 1.92 bits per heavy atom. The highest BCUT2D eigenvalue weighted by molar-refractivity contribution is 8.00. The molecule has 1 aromatic heterocycles. The van der Waals surface area contributed by atoms with Crippen LogP contribution in [-0.2, 0) is 11.8 Å². The van der Waals surface area contributed by atoms with E-state index < -0.39 is 0 Å². The third-order valence-corrected chi connectivity index (χ3v) is 4.65. The maximum absolute atomic E-state index is 12.1. The lowest BCUT2D eigenvalue weighted by molar-refractivity contribution is -0.120. The molecule has 1 aromatic carbocycles. The first-order chi connectivity index (χ1) is 11.4. The van der Waals surface area contributed by atoms with E-state index in [9.17, 15) is 4.79 Å². The molecule has 0 bridgehead atoms. The third-order valence-electron chi connectivity index (χ3n) is 3.52. The van der Waals surface area contributed by atoms with Crippen molar-refractivity contribution in [3.05, 3.63) is 24.3 Å². The number of thioether (sulfide) groups is 1. The molecular weight excluding hydrogens is 324 g/mol. The maximum Gasteiger partial charge on any atom is 0.233 e. The van der Waals surface area contributed by atoms with Gasteiger partial charge >= 0.3 is 0 Å². The Morgan fingerprint density at radius 1 is 1.25 bits per heavy atom. The summed E-state index contributed by atoms with van der Waals surface area (Å²) in [5.74, 6) is 2.01. The van der Waals surface area contributed by atoms with Crippen LogP contribution in [0.5, 0.6) is 5.75 Å². The van der Waals surface area contributed by atoms with Crippen LogP contribution in [0.4, 0.5) is 0 Å².